The molecule has 2 N–H and O–H groups in total. The van der Waals surface area contributed by atoms with Gasteiger partial charge >= 0.3 is 0 Å². The van der Waals surface area contributed by atoms with Crippen molar-refractivity contribution in [2.45, 2.75) is 6.54 Å². The molecule has 0 atom stereocenters. The molecule has 0 fully saturated rings. The Hall–Kier alpha value is -1.97. The van der Waals surface area contributed by atoms with E-state index in [4.69, 9.17) is 23.2 Å². The number of nitrogens with zero attached hydrogens (tertiary/aromatic N) is 1. The highest BCUT2D eigenvalue weighted by Gasteiger charge is 2.08. The lowest BCUT2D eigenvalue weighted by Gasteiger charge is -2.11. The molecule has 0 aliphatic heterocycles. The Labute approximate surface area is 132 Å². The summed E-state index contributed by atoms with van der Waals surface area (Å²) in [5, 5.41) is 15.1. The van der Waals surface area contributed by atoms with Gasteiger partial charge in [0.25, 0.3) is 0 Å². The molecule has 1 aromatic heterocycles. The van der Waals surface area contributed by atoms with Gasteiger partial charge in [0.2, 0.25) is 0 Å². The first kappa shape index (κ1) is 14.0. The summed E-state index contributed by atoms with van der Waals surface area (Å²) in [6.07, 6.45) is 1.72. The van der Waals surface area contributed by atoms with Crippen molar-refractivity contribution in [2.24, 2.45) is 0 Å². The molecule has 106 valence electrons. The fourth-order valence-electron chi connectivity index (χ4n) is 2.17. The predicted octanol–water partition coefficient (Wildman–Crippen LogP) is 4.86. The Bertz CT molecular complexity index is 805. The highest BCUT2D eigenvalue weighted by Crippen LogP contribution is 2.30. The van der Waals surface area contributed by atoms with Gasteiger partial charge in [0, 0.05) is 23.7 Å². The average molecular weight is 319 g/mol. The molecule has 1 heterocycles. The van der Waals surface area contributed by atoms with Gasteiger partial charge < -0.3 is 10.4 Å². The van der Waals surface area contributed by atoms with Crippen molar-refractivity contribution in [2.75, 3.05) is 5.32 Å². The number of phenols is 1. The van der Waals surface area contributed by atoms with E-state index in [0.29, 0.717) is 16.6 Å². The second-order valence-corrected chi connectivity index (χ2v) is 5.41. The van der Waals surface area contributed by atoms with Gasteiger partial charge in [-0.05, 0) is 30.3 Å². The molecule has 5 heteroatoms. The summed E-state index contributed by atoms with van der Waals surface area (Å²) in [6, 6.07) is 12.7. The van der Waals surface area contributed by atoms with E-state index in [0.717, 1.165) is 22.2 Å². The van der Waals surface area contributed by atoms with Gasteiger partial charge in [-0.2, -0.15) is 0 Å². The van der Waals surface area contributed by atoms with Crippen molar-refractivity contribution < 1.29 is 5.11 Å². The van der Waals surface area contributed by atoms with Crippen LogP contribution in [0.25, 0.3) is 10.9 Å². The van der Waals surface area contributed by atoms with E-state index in [1.807, 2.05) is 30.3 Å². The van der Waals surface area contributed by atoms with Crippen LogP contribution in [0.3, 0.4) is 0 Å². The monoisotopic (exact) mass is 318 g/mol. The van der Waals surface area contributed by atoms with Gasteiger partial charge in [0.1, 0.15) is 5.75 Å². The van der Waals surface area contributed by atoms with E-state index in [2.05, 4.69) is 10.3 Å². The largest absolute Gasteiger partial charge is 0.506 e. The number of fused-ring (bicyclic) bond motifs is 1. The summed E-state index contributed by atoms with van der Waals surface area (Å²) in [5.41, 5.74) is 2.38. The van der Waals surface area contributed by atoms with Crippen LogP contribution in [0.15, 0.2) is 48.7 Å². The van der Waals surface area contributed by atoms with E-state index < -0.39 is 0 Å². The van der Waals surface area contributed by atoms with E-state index in [1.54, 1.807) is 18.3 Å². The smallest absolute Gasteiger partial charge is 0.139 e. The molecule has 0 saturated heterocycles. The summed E-state index contributed by atoms with van der Waals surface area (Å²) in [7, 11) is 0. The molecule has 0 spiro atoms. The molecule has 0 saturated carbocycles. The molecule has 21 heavy (non-hydrogen) atoms. The number of hydrogen-bond acceptors (Lipinski definition) is 3. The summed E-state index contributed by atoms with van der Waals surface area (Å²) in [6.45, 7) is 0.444. The van der Waals surface area contributed by atoms with Crippen LogP contribution in [-0.2, 0) is 6.54 Å². The number of benzene rings is 2. The summed E-state index contributed by atoms with van der Waals surface area (Å²) >= 11 is 12.1. The minimum absolute atomic E-state index is 0.0953. The number of nitrogens with one attached hydrogen (secondary N) is 1. The van der Waals surface area contributed by atoms with Crippen molar-refractivity contribution in [3.63, 3.8) is 0 Å². The lowest BCUT2D eigenvalue weighted by molar-refractivity contribution is 0.469. The minimum atomic E-state index is 0.0953. The van der Waals surface area contributed by atoms with Crippen molar-refractivity contribution >= 4 is 39.8 Å². The second kappa shape index (κ2) is 5.80. The van der Waals surface area contributed by atoms with Gasteiger partial charge in [0.15, 0.2) is 0 Å². The number of phenolic OH excluding ortho intramolecular Hbond substituents is 1. The fourth-order valence-corrected chi connectivity index (χ4v) is 2.58. The van der Waals surface area contributed by atoms with E-state index in [9.17, 15) is 5.11 Å². The number of para-hydroxylation sites is 1. The lowest BCUT2D eigenvalue weighted by atomic mass is 10.1. The third kappa shape index (κ3) is 2.75. The molecule has 3 rings (SSSR count). The summed E-state index contributed by atoms with van der Waals surface area (Å²) < 4.78 is 0. The standard InChI is InChI=1S/C16H12Cl2N2O/c17-12-6-7-14(15-11(12)4-2-8-19-15)20-9-10-3-1-5-13(18)16(10)21/h1-8,20-21H,9H2. The third-order valence-electron chi connectivity index (χ3n) is 3.26. The molecule has 0 aliphatic carbocycles. The topological polar surface area (TPSA) is 45.1 Å². The highest BCUT2D eigenvalue weighted by atomic mass is 35.5. The molecule has 0 aliphatic rings. The van der Waals surface area contributed by atoms with E-state index in [-0.39, 0.29) is 5.75 Å². The maximum absolute atomic E-state index is 9.92. The van der Waals surface area contributed by atoms with E-state index in [1.165, 1.54) is 0 Å². The Morgan fingerprint density at radius 3 is 2.71 bits per heavy atom. The van der Waals surface area contributed by atoms with Crippen LogP contribution in [0.4, 0.5) is 5.69 Å². The van der Waals surface area contributed by atoms with Crippen molar-refractivity contribution in [3.05, 3.63) is 64.3 Å². The SMILES string of the molecule is Oc1c(Cl)cccc1CNc1ccc(Cl)c2cccnc12. The maximum Gasteiger partial charge on any atom is 0.139 e. The lowest BCUT2D eigenvalue weighted by Crippen LogP contribution is -2.01. The number of hydrogen-bond donors (Lipinski definition) is 2. The molecule has 3 nitrogen and oxygen atoms in total. The number of aromatic hydroxyl groups is 1. The first-order valence-corrected chi connectivity index (χ1v) is 7.16. The predicted molar refractivity (Wildman–Crippen MR) is 87.2 cm³/mol. The van der Waals surface area contributed by atoms with Crippen LogP contribution in [0, 0.1) is 0 Å². The normalized spacial score (nSPS) is 10.8. The highest BCUT2D eigenvalue weighted by molar-refractivity contribution is 6.35. The van der Waals surface area contributed by atoms with Crippen LogP contribution in [0.5, 0.6) is 5.75 Å². The van der Waals surface area contributed by atoms with Crippen molar-refractivity contribution in [1.82, 2.24) is 4.98 Å². The van der Waals surface area contributed by atoms with Crippen LogP contribution >= 0.6 is 23.2 Å². The van der Waals surface area contributed by atoms with E-state index >= 15 is 0 Å². The second-order valence-electron chi connectivity index (χ2n) is 4.60. The van der Waals surface area contributed by atoms with Gasteiger partial charge in [0.05, 0.1) is 21.2 Å². The molecule has 2 aromatic carbocycles. The molecular formula is C16H12Cl2N2O. The molecular weight excluding hydrogens is 307 g/mol. The van der Waals surface area contributed by atoms with Gasteiger partial charge in [-0.15, -0.1) is 0 Å². The number of rotatable bonds is 3. The zero-order chi connectivity index (χ0) is 14.8. The zero-order valence-electron chi connectivity index (χ0n) is 11.0. The summed E-state index contributed by atoms with van der Waals surface area (Å²) in [5.74, 6) is 0.0953. The number of halogens is 2. The molecule has 0 bridgehead atoms. The Balaban J connectivity index is 1.92. The minimum Gasteiger partial charge on any atom is -0.506 e. The molecule has 0 unspecified atom stereocenters. The number of pyridine rings is 1. The number of aromatic nitrogens is 1. The van der Waals surface area contributed by atoms with Crippen LogP contribution in [0.1, 0.15) is 5.56 Å². The van der Waals surface area contributed by atoms with Crippen LogP contribution < -0.4 is 5.32 Å². The van der Waals surface area contributed by atoms with Crippen LogP contribution in [-0.4, -0.2) is 10.1 Å². The van der Waals surface area contributed by atoms with Crippen molar-refractivity contribution in [1.29, 1.82) is 0 Å². The Morgan fingerprint density at radius 1 is 1.00 bits per heavy atom. The molecule has 0 amide bonds. The fraction of sp³-hybridized carbons (Fsp3) is 0.0625. The maximum atomic E-state index is 9.92. The van der Waals surface area contributed by atoms with Gasteiger partial charge in [-0.3, -0.25) is 4.98 Å². The third-order valence-corrected chi connectivity index (χ3v) is 3.89. The zero-order valence-corrected chi connectivity index (χ0v) is 12.5. The quantitative estimate of drug-likeness (QED) is 0.725. The Morgan fingerprint density at radius 2 is 1.86 bits per heavy atom. The first-order chi connectivity index (χ1) is 10.2. The number of anilines is 1. The van der Waals surface area contributed by atoms with Crippen LogP contribution in [0.2, 0.25) is 10.0 Å². The Kier molecular flexibility index (Phi) is 3.86. The molecule has 0 radical (unpaired) electrons. The van der Waals surface area contributed by atoms with Crippen molar-refractivity contribution in [3.8, 4) is 5.75 Å². The van der Waals surface area contributed by atoms with Gasteiger partial charge in [-0.25, -0.2) is 0 Å². The summed E-state index contributed by atoms with van der Waals surface area (Å²) in [4.78, 5) is 4.36. The molecule has 3 aromatic rings. The average Bonchev–Trinajstić information content (AvgIpc) is 2.51. The first-order valence-electron chi connectivity index (χ1n) is 6.40. The van der Waals surface area contributed by atoms with Gasteiger partial charge in [-0.1, -0.05) is 35.3 Å².